The van der Waals surface area contributed by atoms with Gasteiger partial charge in [-0.1, -0.05) is 50.3 Å². The lowest BCUT2D eigenvalue weighted by Gasteiger charge is -2.09. The molecule has 1 aromatic heterocycles. The molecule has 2 aromatic rings. The van der Waals surface area contributed by atoms with Gasteiger partial charge in [0.1, 0.15) is 10.8 Å². The van der Waals surface area contributed by atoms with Crippen molar-refractivity contribution in [2.24, 2.45) is 5.73 Å². The third kappa shape index (κ3) is 3.78. The summed E-state index contributed by atoms with van der Waals surface area (Å²) in [4.78, 5) is 4.64. The molecule has 3 nitrogen and oxygen atoms in total. The summed E-state index contributed by atoms with van der Waals surface area (Å²) in [6.07, 6.45) is 1.71. The summed E-state index contributed by atoms with van der Waals surface area (Å²) in [7, 11) is 0. The highest BCUT2D eigenvalue weighted by molar-refractivity contribution is 7.80. The van der Waals surface area contributed by atoms with Crippen molar-refractivity contribution in [3.05, 3.63) is 59.3 Å². The maximum atomic E-state index is 5.61. The molecule has 1 aromatic carbocycles. The van der Waals surface area contributed by atoms with Gasteiger partial charge in [-0.2, -0.15) is 0 Å². The zero-order valence-electron chi connectivity index (χ0n) is 11.8. The fraction of sp³-hybridized carbons (Fsp3) is 0.250. The fourth-order valence-corrected chi connectivity index (χ4v) is 2.02. The van der Waals surface area contributed by atoms with E-state index in [2.05, 4.69) is 48.4 Å². The van der Waals surface area contributed by atoms with Gasteiger partial charge in [0.25, 0.3) is 0 Å². The van der Waals surface area contributed by atoms with Gasteiger partial charge in [0.15, 0.2) is 0 Å². The summed E-state index contributed by atoms with van der Waals surface area (Å²) in [6, 6.07) is 12.3. The van der Waals surface area contributed by atoms with Crippen LogP contribution in [0.3, 0.4) is 0 Å². The van der Waals surface area contributed by atoms with E-state index in [4.69, 9.17) is 18.0 Å². The van der Waals surface area contributed by atoms with Crippen LogP contribution in [0.5, 0.6) is 0 Å². The number of aromatic nitrogens is 1. The van der Waals surface area contributed by atoms with Gasteiger partial charge in [0.05, 0.1) is 0 Å². The van der Waals surface area contributed by atoms with Gasteiger partial charge in [0.2, 0.25) is 0 Å². The van der Waals surface area contributed by atoms with Crippen LogP contribution in [0.4, 0.5) is 5.82 Å². The van der Waals surface area contributed by atoms with Crippen molar-refractivity contribution in [1.29, 1.82) is 0 Å². The van der Waals surface area contributed by atoms with Crippen molar-refractivity contribution < 1.29 is 0 Å². The molecule has 0 saturated heterocycles. The summed E-state index contributed by atoms with van der Waals surface area (Å²) in [6.45, 7) is 5.11. The first-order valence-corrected chi connectivity index (χ1v) is 7.05. The first-order valence-electron chi connectivity index (χ1n) is 6.65. The Morgan fingerprint density at radius 2 is 1.95 bits per heavy atom. The van der Waals surface area contributed by atoms with Crippen molar-refractivity contribution in [2.75, 3.05) is 5.32 Å². The van der Waals surface area contributed by atoms with Crippen LogP contribution in [0.2, 0.25) is 0 Å². The minimum atomic E-state index is 0.386. The average molecular weight is 285 g/mol. The van der Waals surface area contributed by atoms with Crippen LogP contribution < -0.4 is 11.1 Å². The number of benzene rings is 1. The van der Waals surface area contributed by atoms with Gasteiger partial charge in [-0.3, -0.25) is 0 Å². The highest BCUT2D eigenvalue weighted by Gasteiger charge is 2.01. The lowest BCUT2D eigenvalue weighted by atomic mass is 10.0. The van der Waals surface area contributed by atoms with Gasteiger partial charge in [-0.05, 0) is 29.2 Å². The molecule has 0 bridgehead atoms. The summed E-state index contributed by atoms with van der Waals surface area (Å²) < 4.78 is 0. The molecule has 0 aliphatic heterocycles. The monoisotopic (exact) mass is 285 g/mol. The number of hydrogen-bond acceptors (Lipinski definition) is 3. The van der Waals surface area contributed by atoms with Crippen molar-refractivity contribution in [2.45, 2.75) is 26.3 Å². The summed E-state index contributed by atoms with van der Waals surface area (Å²) in [5.74, 6) is 1.34. The Balaban J connectivity index is 2.01. The van der Waals surface area contributed by atoms with E-state index >= 15 is 0 Å². The maximum absolute atomic E-state index is 5.61. The highest BCUT2D eigenvalue weighted by Crippen LogP contribution is 2.15. The van der Waals surface area contributed by atoms with Gasteiger partial charge >= 0.3 is 0 Å². The summed E-state index contributed by atoms with van der Waals surface area (Å²) in [5, 5.41) is 3.28. The third-order valence-corrected chi connectivity index (χ3v) is 3.40. The van der Waals surface area contributed by atoms with Gasteiger partial charge in [-0.15, -0.1) is 0 Å². The first kappa shape index (κ1) is 14.5. The molecule has 2 rings (SSSR count). The second-order valence-electron chi connectivity index (χ2n) is 5.04. The van der Waals surface area contributed by atoms with E-state index in [0.29, 0.717) is 10.9 Å². The number of nitrogens with zero attached hydrogens (tertiary/aromatic N) is 1. The van der Waals surface area contributed by atoms with Crippen molar-refractivity contribution in [3.8, 4) is 0 Å². The van der Waals surface area contributed by atoms with Crippen LogP contribution in [0.1, 0.15) is 36.5 Å². The molecule has 104 valence electrons. The zero-order valence-corrected chi connectivity index (χ0v) is 12.6. The van der Waals surface area contributed by atoms with Crippen LogP contribution in [0, 0.1) is 0 Å². The number of nitrogens with two attached hydrogens (primary N) is 1. The topological polar surface area (TPSA) is 50.9 Å². The zero-order chi connectivity index (χ0) is 14.5. The van der Waals surface area contributed by atoms with Gasteiger partial charge < -0.3 is 11.1 Å². The van der Waals surface area contributed by atoms with E-state index in [1.807, 2.05) is 12.1 Å². The van der Waals surface area contributed by atoms with E-state index in [1.165, 1.54) is 11.1 Å². The number of nitrogens with one attached hydrogen (secondary N) is 1. The quantitative estimate of drug-likeness (QED) is 0.826. The minimum absolute atomic E-state index is 0.386. The third-order valence-electron chi connectivity index (χ3n) is 3.16. The first-order chi connectivity index (χ1) is 9.56. The molecule has 4 heteroatoms. The van der Waals surface area contributed by atoms with E-state index in [9.17, 15) is 0 Å². The predicted octanol–water partition coefficient (Wildman–Crippen LogP) is 3.45. The van der Waals surface area contributed by atoms with Crippen molar-refractivity contribution >= 4 is 23.0 Å². The lowest BCUT2D eigenvalue weighted by molar-refractivity contribution is 0.865. The molecule has 0 radical (unpaired) electrons. The standard InChI is InChI=1S/C16H19N3S/c1-11(2)13-5-3-12(4-6-13)10-19-15-9-14(16(17)20)7-8-18-15/h3-9,11H,10H2,1-2H3,(H2,17,20)(H,18,19). The molecule has 0 saturated carbocycles. The Labute approximate surface area is 125 Å². The van der Waals surface area contributed by atoms with Crippen LogP contribution in [0.15, 0.2) is 42.6 Å². The molecule has 0 fully saturated rings. The Kier molecular flexibility index (Phi) is 4.69. The predicted molar refractivity (Wildman–Crippen MR) is 88.0 cm³/mol. The average Bonchev–Trinajstić information content (AvgIpc) is 2.46. The summed E-state index contributed by atoms with van der Waals surface area (Å²) in [5.41, 5.74) is 9.01. The molecule has 3 N–H and O–H groups in total. The Morgan fingerprint density at radius 1 is 1.25 bits per heavy atom. The van der Waals surface area contributed by atoms with Crippen molar-refractivity contribution in [1.82, 2.24) is 4.98 Å². The molecule has 20 heavy (non-hydrogen) atoms. The van der Waals surface area contributed by atoms with Crippen LogP contribution in [0.25, 0.3) is 0 Å². The number of thiocarbonyl (C=S) groups is 1. The second-order valence-corrected chi connectivity index (χ2v) is 5.48. The molecule has 0 unspecified atom stereocenters. The van der Waals surface area contributed by atoms with E-state index < -0.39 is 0 Å². The van der Waals surface area contributed by atoms with E-state index in [1.54, 1.807) is 6.20 Å². The molecule has 1 heterocycles. The highest BCUT2D eigenvalue weighted by atomic mass is 32.1. The van der Waals surface area contributed by atoms with Gasteiger partial charge in [0, 0.05) is 18.3 Å². The largest absolute Gasteiger partial charge is 0.389 e. The SMILES string of the molecule is CC(C)c1ccc(CNc2cc(C(N)=S)ccn2)cc1. The molecular weight excluding hydrogens is 266 g/mol. The fourth-order valence-electron chi connectivity index (χ4n) is 1.89. The van der Waals surface area contributed by atoms with Gasteiger partial charge in [-0.25, -0.2) is 4.98 Å². The van der Waals surface area contributed by atoms with Crippen molar-refractivity contribution in [3.63, 3.8) is 0 Å². The smallest absolute Gasteiger partial charge is 0.126 e. The number of pyridine rings is 1. The molecule has 0 spiro atoms. The molecule has 0 amide bonds. The second kappa shape index (κ2) is 6.48. The Hall–Kier alpha value is -1.94. The molecule has 0 aliphatic rings. The number of rotatable bonds is 5. The van der Waals surface area contributed by atoms with Crippen LogP contribution in [-0.2, 0) is 6.54 Å². The number of anilines is 1. The van der Waals surface area contributed by atoms with Crippen LogP contribution in [-0.4, -0.2) is 9.97 Å². The lowest BCUT2D eigenvalue weighted by Crippen LogP contribution is -2.10. The molecule has 0 aliphatic carbocycles. The number of hydrogen-bond donors (Lipinski definition) is 2. The minimum Gasteiger partial charge on any atom is -0.389 e. The van der Waals surface area contributed by atoms with E-state index in [0.717, 1.165) is 17.9 Å². The Bertz CT molecular complexity index is 591. The normalized spacial score (nSPS) is 10.6. The molecule has 0 atom stereocenters. The Morgan fingerprint density at radius 3 is 2.55 bits per heavy atom. The molecular formula is C16H19N3S. The van der Waals surface area contributed by atoms with Crippen LogP contribution >= 0.6 is 12.2 Å². The maximum Gasteiger partial charge on any atom is 0.126 e. The summed E-state index contributed by atoms with van der Waals surface area (Å²) >= 11 is 4.96. The van der Waals surface area contributed by atoms with E-state index in [-0.39, 0.29) is 0 Å².